The Morgan fingerprint density at radius 1 is 1.23 bits per heavy atom. The van der Waals surface area contributed by atoms with Gasteiger partial charge in [-0.05, 0) is 50.4 Å². The summed E-state index contributed by atoms with van der Waals surface area (Å²) in [5.41, 5.74) is -0.901. The van der Waals surface area contributed by atoms with Crippen LogP contribution >= 0.6 is 0 Å². The SMILES string of the molecule is N#CC1(C(=O)N2C[C@H](c3nc(C4CC4)n[nH]3)[C@@H](C3CC3)C2)CCOCC1. The first-order chi connectivity index (χ1) is 12.7. The van der Waals surface area contributed by atoms with E-state index >= 15 is 0 Å². The lowest BCUT2D eigenvalue weighted by Crippen LogP contribution is -2.45. The Balaban J connectivity index is 1.37. The number of aromatic amines is 1. The van der Waals surface area contributed by atoms with Gasteiger partial charge >= 0.3 is 0 Å². The molecule has 1 N–H and O–H groups in total. The van der Waals surface area contributed by atoms with Crippen molar-refractivity contribution in [3.63, 3.8) is 0 Å². The number of carbonyl (C=O) groups is 1. The number of aromatic nitrogens is 3. The van der Waals surface area contributed by atoms with Crippen LogP contribution in [0.25, 0.3) is 0 Å². The second kappa shape index (κ2) is 6.05. The van der Waals surface area contributed by atoms with E-state index in [4.69, 9.17) is 9.72 Å². The number of amides is 1. The van der Waals surface area contributed by atoms with Crippen molar-refractivity contribution in [2.24, 2.45) is 17.3 Å². The van der Waals surface area contributed by atoms with Gasteiger partial charge in [0.1, 0.15) is 11.2 Å². The molecule has 7 heteroatoms. The molecule has 2 aliphatic heterocycles. The van der Waals surface area contributed by atoms with Crippen LogP contribution in [0.3, 0.4) is 0 Å². The minimum atomic E-state index is -0.901. The van der Waals surface area contributed by atoms with Gasteiger partial charge in [0.15, 0.2) is 5.82 Å². The molecule has 2 saturated heterocycles. The third kappa shape index (κ3) is 2.71. The number of H-pyrrole nitrogens is 1. The lowest BCUT2D eigenvalue weighted by molar-refractivity contribution is -0.142. The molecular formula is C19H25N5O2. The molecule has 2 aliphatic carbocycles. The number of ether oxygens (including phenoxy) is 1. The summed E-state index contributed by atoms with van der Waals surface area (Å²) in [4.78, 5) is 19.9. The lowest BCUT2D eigenvalue weighted by atomic mass is 9.80. The maximum absolute atomic E-state index is 13.2. The molecular weight excluding hydrogens is 330 g/mol. The topological polar surface area (TPSA) is 94.9 Å². The zero-order valence-electron chi connectivity index (χ0n) is 15.0. The zero-order chi connectivity index (χ0) is 17.7. The monoisotopic (exact) mass is 355 g/mol. The van der Waals surface area contributed by atoms with E-state index in [1.807, 2.05) is 4.90 Å². The molecule has 0 unspecified atom stereocenters. The van der Waals surface area contributed by atoms with Crippen molar-refractivity contribution in [3.8, 4) is 6.07 Å². The standard InChI is InChI=1S/C19H25N5O2/c20-11-19(5-7-26-8-6-19)18(25)24-9-14(12-1-2-12)15(10-24)17-21-16(22-23-17)13-3-4-13/h12-15H,1-10H2,(H,21,22,23)/t14-,15+/m1/s1. The minimum Gasteiger partial charge on any atom is -0.381 e. The van der Waals surface area contributed by atoms with Gasteiger partial charge in [-0.3, -0.25) is 9.89 Å². The van der Waals surface area contributed by atoms with E-state index in [0.29, 0.717) is 50.4 Å². The van der Waals surface area contributed by atoms with Crippen LogP contribution in [0.2, 0.25) is 0 Å². The average Bonchev–Trinajstić information content (AvgIpc) is 3.62. The molecule has 0 spiro atoms. The Morgan fingerprint density at radius 2 is 2.00 bits per heavy atom. The quantitative estimate of drug-likeness (QED) is 0.891. The van der Waals surface area contributed by atoms with Crippen LogP contribution in [-0.2, 0) is 9.53 Å². The molecule has 0 radical (unpaired) electrons. The van der Waals surface area contributed by atoms with Crippen LogP contribution in [0.15, 0.2) is 0 Å². The van der Waals surface area contributed by atoms with Gasteiger partial charge in [0.2, 0.25) is 5.91 Å². The van der Waals surface area contributed by atoms with E-state index in [0.717, 1.165) is 18.2 Å². The number of hydrogen-bond acceptors (Lipinski definition) is 5. The van der Waals surface area contributed by atoms with Crippen molar-refractivity contribution in [2.75, 3.05) is 26.3 Å². The summed E-state index contributed by atoms with van der Waals surface area (Å²) in [5.74, 6) is 3.76. The molecule has 138 valence electrons. The largest absolute Gasteiger partial charge is 0.381 e. The van der Waals surface area contributed by atoms with Gasteiger partial charge in [-0.1, -0.05) is 0 Å². The normalized spacial score (nSPS) is 31.0. The smallest absolute Gasteiger partial charge is 0.243 e. The highest BCUT2D eigenvalue weighted by Gasteiger charge is 2.50. The third-order valence-electron chi connectivity index (χ3n) is 6.66. The van der Waals surface area contributed by atoms with Crippen LogP contribution in [0.4, 0.5) is 0 Å². The second-order valence-corrected chi connectivity index (χ2v) is 8.48. The summed E-state index contributed by atoms with van der Waals surface area (Å²) < 4.78 is 5.39. The molecule has 0 aromatic carbocycles. The first kappa shape index (κ1) is 16.2. The maximum atomic E-state index is 13.2. The van der Waals surface area contributed by atoms with E-state index in [2.05, 4.69) is 16.3 Å². The highest BCUT2D eigenvalue weighted by Crippen LogP contribution is 2.48. The van der Waals surface area contributed by atoms with Gasteiger partial charge in [0.25, 0.3) is 0 Å². The van der Waals surface area contributed by atoms with E-state index in [-0.39, 0.29) is 11.8 Å². The first-order valence-corrected chi connectivity index (χ1v) is 9.91. The molecule has 2 saturated carbocycles. The second-order valence-electron chi connectivity index (χ2n) is 8.48. The number of nitriles is 1. The van der Waals surface area contributed by atoms with Crippen LogP contribution in [0.1, 0.15) is 62.0 Å². The van der Waals surface area contributed by atoms with Gasteiger partial charge in [-0.25, -0.2) is 4.98 Å². The molecule has 4 aliphatic rings. The number of nitrogens with one attached hydrogen (secondary N) is 1. The van der Waals surface area contributed by atoms with Gasteiger partial charge < -0.3 is 9.64 Å². The third-order valence-corrected chi connectivity index (χ3v) is 6.66. The van der Waals surface area contributed by atoms with E-state index in [1.165, 1.54) is 25.7 Å². The first-order valence-electron chi connectivity index (χ1n) is 9.91. The summed E-state index contributed by atoms with van der Waals surface area (Å²) in [5, 5.41) is 17.3. The molecule has 7 nitrogen and oxygen atoms in total. The average molecular weight is 355 g/mol. The molecule has 2 atom stereocenters. The van der Waals surface area contributed by atoms with Crippen molar-refractivity contribution in [1.82, 2.24) is 20.1 Å². The highest BCUT2D eigenvalue weighted by molar-refractivity contribution is 5.86. The molecule has 1 aromatic heterocycles. The number of carbonyl (C=O) groups excluding carboxylic acids is 1. The molecule has 0 bridgehead atoms. The molecule has 5 rings (SSSR count). The fourth-order valence-electron chi connectivity index (χ4n) is 4.66. The summed E-state index contributed by atoms with van der Waals surface area (Å²) in [7, 11) is 0. The Kier molecular flexibility index (Phi) is 3.78. The molecule has 3 heterocycles. The van der Waals surface area contributed by atoms with Crippen LogP contribution in [0.5, 0.6) is 0 Å². The number of hydrogen-bond donors (Lipinski definition) is 1. The number of likely N-dealkylation sites (tertiary alicyclic amines) is 1. The van der Waals surface area contributed by atoms with Crippen molar-refractivity contribution in [3.05, 3.63) is 11.6 Å². The Bertz CT molecular complexity index is 739. The lowest BCUT2D eigenvalue weighted by Gasteiger charge is -2.33. The summed E-state index contributed by atoms with van der Waals surface area (Å²) >= 11 is 0. The summed E-state index contributed by atoms with van der Waals surface area (Å²) in [6.45, 7) is 2.40. The Hall–Kier alpha value is -1.94. The summed E-state index contributed by atoms with van der Waals surface area (Å²) in [6.07, 6.45) is 5.86. The van der Waals surface area contributed by atoms with E-state index < -0.39 is 5.41 Å². The number of nitrogens with zero attached hydrogens (tertiary/aromatic N) is 4. The van der Waals surface area contributed by atoms with Crippen molar-refractivity contribution >= 4 is 5.91 Å². The van der Waals surface area contributed by atoms with Gasteiger partial charge in [0.05, 0.1) is 6.07 Å². The molecule has 1 amide bonds. The summed E-state index contributed by atoms with van der Waals surface area (Å²) in [6, 6.07) is 2.33. The van der Waals surface area contributed by atoms with E-state index in [1.54, 1.807) is 0 Å². The Labute approximate surface area is 153 Å². The molecule has 4 fully saturated rings. The predicted molar refractivity (Wildman–Crippen MR) is 92.0 cm³/mol. The molecule has 1 aromatic rings. The maximum Gasteiger partial charge on any atom is 0.243 e. The van der Waals surface area contributed by atoms with Gasteiger partial charge in [0, 0.05) is 38.1 Å². The fraction of sp³-hybridized carbons (Fsp3) is 0.789. The van der Waals surface area contributed by atoms with Crippen molar-refractivity contribution < 1.29 is 9.53 Å². The van der Waals surface area contributed by atoms with Crippen LogP contribution in [-0.4, -0.2) is 52.3 Å². The van der Waals surface area contributed by atoms with Crippen LogP contribution < -0.4 is 0 Å². The minimum absolute atomic E-state index is 0.00150. The van der Waals surface area contributed by atoms with Gasteiger partial charge in [-0.2, -0.15) is 10.4 Å². The predicted octanol–water partition coefficient (Wildman–Crippen LogP) is 1.95. The highest BCUT2D eigenvalue weighted by atomic mass is 16.5. The van der Waals surface area contributed by atoms with Crippen molar-refractivity contribution in [1.29, 1.82) is 5.26 Å². The zero-order valence-corrected chi connectivity index (χ0v) is 15.0. The number of rotatable bonds is 4. The Morgan fingerprint density at radius 3 is 2.65 bits per heavy atom. The van der Waals surface area contributed by atoms with Crippen molar-refractivity contribution in [2.45, 2.75) is 50.4 Å². The molecule has 26 heavy (non-hydrogen) atoms. The fourth-order valence-corrected chi connectivity index (χ4v) is 4.66. The van der Waals surface area contributed by atoms with Gasteiger partial charge in [-0.15, -0.1) is 0 Å². The van der Waals surface area contributed by atoms with E-state index in [9.17, 15) is 10.1 Å². The van der Waals surface area contributed by atoms with Crippen LogP contribution in [0, 0.1) is 28.6 Å².